The average Bonchev–Trinajstić information content (AvgIpc) is 2.76. The van der Waals surface area contributed by atoms with Crippen molar-refractivity contribution in [3.05, 3.63) is 29.3 Å². The van der Waals surface area contributed by atoms with Gasteiger partial charge in [0.15, 0.2) is 0 Å². The zero-order valence-corrected chi connectivity index (χ0v) is 17.2. The first kappa shape index (κ1) is 22.1. The Morgan fingerprint density at radius 1 is 1.44 bits per heavy atom. The molecule has 9 heteroatoms. The summed E-state index contributed by atoms with van der Waals surface area (Å²) in [6.07, 6.45) is 0.519. The highest BCUT2D eigenvalue weighted by molar-refractivity contribution is 7.89. The van der Waals surface area contributed by atoms with E-state index in [9.17, 15) is 18.3 Å². The van der Waals surface area contributed by atoms with E-state index in [-0.39, 0.29) is 29.8 Å². The van der Waals surface area contributed by atoms with Gasteiger partial charge >= 0.3 is 0 Å². The number of nitrogens with one attached hydrogen (secondary N) is 1. The molecule has 27 heavy (non-hydrogen) atoms. The molecule has 1 aromatic rings. The molecule has 2 rings (SSSR count). The van der Waals surface area contributed by atoms with Crippen LogP contribution >= 0.6 is 11.6 Å². The molecule has 0 aliphatic carbocycles. The van der Waals surface area contributed by atoms with Gasteiger partial charge in [-0.1, -0.05) is 31.5 Å². The van der Waals surface area contributed by atoms with Crippen molar-refractivity contribution in [1.29, 1.82) is 0 Å². The molecule has 3 atom stereocenters. The number of carbonyl (C=O) groups excluding carboxylic acids is 1. The lowest BCUT2D eigenvalue weighted by Gasteiger charge is -2.26. The minimum Gasteiger partial charge on any atom is -0.390 e. The van der Waals surface area contributed by atoms with Crippen LogP contribution < -0.4 is 11.1 Å². The summed E-state index contributed by atoms with van der Waals surface area (Å²) in [6.45, 7) is 4.12. The molecule has 0 aromatic heterocycles. The minimum absolute atomic E-state index is 0.0867. The van der Waals surface area contributed by atoms with Crippen LogP contribution in [-0.4, -0.2) is 55.0 Å². The molecule has 1 aliphatic rings. The molecule has 1 fully saturated rings. The van der Waals surface area contributed by atoms with Crippen LogP contribution in [0, 0.1) is 5.92 Å². The standard InChI is InChI=1S/C18H28ClN3O4S/c1-12(2)9-15(20)18(24)21-16-7-4-8-22(11-17(16)23)27(25,26)14-6-3-5-13(19)10-14/h3,5-6,10,12,15-17,23H,4,7-9,11,20H2,1-2H3,(H,21,24)/t15-,16?,17?/m0/s1. The average molecular weight is 418 g/mol. The number of amides is 1. The molecule has 1 aliphatic heterocycles. The molecule has 0 radical (unpaired) electrons. The van der Waals surface area contributed by atoms with Crippen molar-refractivity contribution in [2.75, 3.05) is 13.1 Å². The zero-order chi connectivity index (χ0) is 20.2. The number of halogens is 1. The third-order valence-corrected chi connectivity index (χ3v) is 6.70. The summed E-state index contributed by atoms with van der Waals surface area (Å²) >= 11 is 5.91. The van der Waals surface area contributed by atoms with Gasteiger partial charge in [0.05, 0.1) is 23.1 Å². The molecule has 1 heterocycles. The maximum absolute atomic E-state index is 12.8. The lowest BCUT2D eigenvalue weighted by molar-refractivity contribution is -0.124. The van der Waals surface area contributed by atoms with Crippen LogP contribution in [0.4, 0.5) is 0 Å². The largest absolute Gasteiger partial charge is 0.390 e. The predicted octanol–water partition coefficient (Wildman–Crippen LogP) is 1.34. The van der Waals surface area contributed by atoms with Gasteiger partial charge < -0.3 is 16.2 Å². The van der Waals surface area contributed by atoms with Crippen molar-refractivity contribution in [3.63, 3.8) is 0 Å². The number of nitrogens with two attached hydrogens (primary N) is 1. The fourth-order valence-electron chi connectivity index (χ4n) is 3.17. The summed E-state index contributed by atoms with van der Waals surface area (Å²) in [5.74, 6) is -0.0398. The van der Waals surface area contributed by atoms with Crippen molar-refractivity contribution < 1.29 is 18.3 Å². The third-order valence-electron chi connectivity index (χ3n) is 4.60. The second kappa shape index (κ2) is 9.34. The van der Waals surface area contributed by atoms with E-state index in [1.54, 1.807) is 12.1 Å². The molecule has 1 amide bonds. The SMILES string of the molecule is CC(C)C[C@H](N)C(=O)NC1CCCN(S(=O)(=O)c2cccc(Cl)c2)CC1O. The molecule has 2 unspecified atom stereocenters. The first-order valence-electron chi connectivity index (χ1n) is 9.11. The number of aliphatic hydroxyl groups is 1. The van der Waals surface area contributed by atoms with Gasteiger partial charge in [-0.05, 0) is 43.4 Å². The number of hydrogen-bond acceptors (Lipinski definition) is 5. The molecule has 0 spiro atoms. The second-order valence-corrected chi connectivity index (χ2v) is 9.76. The van der Waals surface area contributed by atoms with Crippen LogP contribution in [0.25, 0.3) is 0 Å². The fourth-order valence-corrected chi connectivity index (χ4v) is 4.97. The molecular weight excluding hydrogens is 390 g/mol. The Bertz CT molecular complexity index is 757. The van der Waals surface area contributed by atoms with Crippen LogP contribution in [-0.2, 0) is 14.8 Å². The van der Waals surface area contributed by atoms with E-state index >= 15 is 0 Å². The highest BCUT2D eigenvalue weighted by Crippen LogP contribution is 2.23. The van der Waals surface area contributed by atoms with Crippen molar-refractivity contribution in [2.45, 2.75) is 56.2 Å². The second-order valence-electron chi connectivity index (χ2n) is 7.38. The molecule has 1 aromatic carbocycles. The van der Waals surface area contributed by atoms with Crippen LogP contribution in [0.15, 0.2) is 29.2 Å². The molecule has 4 N–H and O–H groups in total. The first-order chi connectivity index (χ1) is 12.6. The number of hydrogen-bond donors (Lipinski definition) is 3. The van der Waals surface area contributed by atoms with Crippen LogP contribution in [0.2, 0.25) is 5.02 Å². The number of benzene rings is 1. The number of carbonyl (C=O) groups is 1. The number of aliphatic hydroxyl groups excluding tert-OH is 1. The Kier molecular flexibility index (Phi) is 7.64. The van der Waals surface area contributed by atoms with Crippen LogP contribution in [0.3, 0.4) is 0 Å². The summed E-state index contributed by atoms with van der Waals surface area (Å²) in [5.41, 5.74) is 5.89. The highest BCUT2D eigenvalue weighted by atomic mass is 35.5. The number of rotatable bonds is 6. The molecule has 0 bridgehead atoms. The Balaban J connectivity index is 2.07. The van der Waals surface area contributed by atoms with Crippen molar-refractivity contribution in [2.24, 2.45) is 11.7 Å². The van der Waals surface area contributed by atoms with Crippen LogP contribution in [0.1, 0.15) is 33.1 Å². The molecule has 0 saturated carbocycles. The van der Waals surface area contributed by atoms with E-state index in [1.807, 2.05) is 13.8 Å². The van der Waals surface area contributed by atoms with Crippen molar-refractivity contribution in [3.8, 4) is 0 Å². The maximum atomic E-state index is 12.8. The van der Waals surface area contributed by atoms with E-state index in [2.05, 4.69) is 5.32 Å². The van der Waals surface area contributed by atoms with Crippen molar-refractivity contribution in [1.82, 2.24) is 9.62 Å². The highest BCUT2D eigenvalue weighted by Gasteiger charge is 2.33. The third kappa shape index (κ3) is 5.89. The lowest BCUT2D eigenvalue weighted by atomic mass is 10.0. The zero-order valence-electron chi connectivity index (χ0n) is 15.6. The van der Waals surface area contributed by atoms with E-state index in [0.29, 0.717) is 24.3 Å². The topological polar surface area (TPSA) is 113 Å². The quantitative estimate of drug-likeness (QED) is 0.646. The number of nitrogens with zero attached hydrogens (tertiary/aromatic N) is 1. The van der Waals surface area contributed by atoms with Gasteiger partial charge in [-0.3, -0.25) is 4.79 Å². The van der Waals surface area contributed by atoms with E-state index in [4.69, 9.17) is 17.3 Å². The maximum Gasteiger partial charge on any atom is 0.243 e. The lowest BCUT2D eigenvalue weighted by Crippen LogP contribution is -2.51. The van der Waals surface area contributed by atoms with Gasteiger partial charge in [0.25, 0.3) is 0 Å². The summed E-state index contributed by atoms with van der Waals surface area (Å²) in [7, 11) is -3.77. The Morgan fingerprint density at radius 2 is 2.15 bits per heavy atom. The van der Waals surface area contributed by atoms with E-state index < -0.39 is 28.2 Å². The molecule has 7 nitrogen and oxygen atoms in total. The molecular formula is C18H28ClN3O4S. The Hall–Kier alpha value is -1.19. The van der Waals surface area contributed by atoms with Crippen LogP contribution in [0.5, 0.6) is 0 Å². The summed E-state index contributed by atoms with van der Waals surface area (Å²) in [5, 5.41) is 13.6. The normalized spacial score (nSPS) is 23.0. The van der Waals surface area contributed by atoms with E-state index in [0.717, 1.165) is 0 Å². The summed E-state index contributed by atoms with van der Waals surface area (Å²) in [4.78, 5) is 12.3. The fraction of sp³-hybridized carbons (Fsp3) is 0.611. The van der Waals surface area contributed by atoms with Gasteiger partial charge in [-0.2, -0.15) is 4.31 Å². The minimum atomic E-state index is -3.77. The summed E-state index contributed by atoms with van der Waals surface area (Å²) in [6, 6.07) is 4.86. The van der Waals surface area contributed by atoms with Gasteiger partial charge in [0.2, 0.25) is 15.9 Å². The summed E-state index contributed by atoms with van der Waals surface area (Å²) < 4.78 is 26.9. The smallest absolute Gasteiger partial charge is 0.243 e. The van der Waals surface area contributed by atoms with Gasteiger partial charge in [0.1, 0.15) is 0 Å². The number of β-amino-alcohol motifs (C(OH)–C–C–N with tert-alkyl or cyclic N) is 1. The van der Waals surface area contributed by atoms with Crippen molar-refractivity contribution >= 4 is 27.5 Å². The van der Waals surface area contributed by atoms with E-state index in [1.165, 1.54) is 16.4 Å². The Labute approximate surface area is 165 Å². The van der Waals surface area contributed by atoms with Gasteiger partial charge in [0, 0.05) is 18.1 Å². The first-order valence-corrected chi connectivity index (χ1v) is 10.9. The van der Waals surface area contributed by atoms with Gasteiger partial charge in [-0.25, -0.2) is 8.42 Å². The molecule has 1 saturated heterocycles. The monoisotopic (exact) mass is 417 g/mol. The van der Waals surface area contributed by atoms with Gasteiger partial charge in [-0.15, -0.1) is 0 Å². The number of sulfonamides is 1. The Morgan fingerprint density at radius 3 is 2.78 bits per heavy atom. The predicted molar refractivity (Wildman–Crippen MR) is 105 cm³/mol. The molecule has 152 valence electrons.